The van der Waals surface area contributed by atoms with Gasteiger partial charge < -0.3 is 4.90 Å². The lowest BCUT2D eigenvalue weighted by atomic mass is 9.89. The fourth-order valence-corrected chi connectivity index (χ4v) is 6.97. The van der Waals surface area contributed by atoms with Gasteiger partial charge in [0.2, 0.25) is 10.0 Å². The molecule has 0 N–H and O–H groups in total. The van der Waals surface area contributed by atoms with Crippen molar-refractivity contribution in [2.75, 3.05) is 40.3 Å². The van der Waals surface area contributed by atoms with Crippen LogP contribution in [0.15, 0.2) is 46.0 Å². The molecule has 1 atom stereocenters. The first-order valence-corrected chi connectivity index (χ1v) is 11.3. The molecule has 140 valence electrons. The lowest BCUT2D eigenvalue weighted by Crippen LogP contribution is -2.48. The predicted octanol–water partition coefficient (Wildman–Crippen LogP) is 2.42. The van der Waals surface area contributed by atoms with Gasteiger partial charge in [-0.2, -0.15) is 15.6 Å². The van der Waals surface area contributed by atoms with Crippen molar-refractivity contribution < 1.29 is 8.42 Å². The molecule has 0 amide bonds. The van der Waals surface area contributed by atoms with E-state index in [1.165, 1.54) is 5.56 Å². The zero-order valence-corrected chi connectivity index (χ0v) is 16.9. The van der Waals surface area contributed by atoms with E-state index >= 15 is 0 Å². The Balaban J connectivity index is 1.69. The fourth-order valence-electron chi connectivity index (χ4n) is 4.25. The molecular weight excluding hydrogens is 366 g/mol. The first-order valence-electron chi connectivity index (χ1n) is 8.94. The summed E-state index contributed by atoms with van der Waals surface area (Å²) in [5.74, 6) is 0. The topological polar surface area (TPSA) is 43.9 Å². The first-order chi connectivity index (χ1) is 12.4. The average Bonchev–Trinajstić information content (AvgIpc) is 3.29. The van der Waals surface area contributed by atoms with Gasteiger partial charge >= 0.3 is 0 Å². The van der Waals surface area contributed by atoms with E-state index < -0.39 is 15.6 Å². The molecule has 1 fully saturated rings. The van der Waals surface area contributed by atoms with Crippen LogP contribution in [0.25, 0.3) is 0 Å². The first kappa shape index (κ1) is 18.1. The zero-order valence-electron chi connectivity index (χ0n) is 15.3. The van der Waals surface area contributed by atoms with Gasteiger partial charge in [-0.3, -0.25) is 4.90 Å². The fraction of sp³-hybridized carbons (Fsp3) is 0.474. The van der Waals surface area contributed by atoms with E-state index in [4.69, 9.17) is 0 Å². The summed E-state index contributed by atoms with van der Waals surface area (Å²) >= 11 is 1.71. The molecule has 1 spiro atoms. The van der Waals surface area contributed by atoms with Crippen LogP contribution in [-0.4, -0.2) is 62.8 Å². The van der Waals surface area contributed by atoms with E-state index in [9.17, 15) is 8.42 Å². The maximum Gasteiger partial charge on any atom is 0.244 e. The second-order valence-corrected chi connectivity index (χ2v) is 10.1. The van der Waals surface area contributed by atoms with E-state index in [0.29, 0.717) is 11.4 Å². The Kier molecular flexibility index (Phi) is 4.69. The van der Waals surface area contributed by atoms with Crippen LogP contribution in [0, 0.1) is 0 Å². The molecule has 7 heteroatoms. The summed E-state index contributed by atoms with van der Waals surface area (Å²) in [6.07, 6.45) is 0.848. The molecular formula is C19H25N3O2S2. The molecule has 0 bridgehead atoms. The Hall–Kier alpha value is -1.25. The second kappa shape index (κ2) is 6.73. The molecule has 0 aliphatic carbocycles. The SMILES string of the molecule is CN(C)CCN1[C@@]2(CCN(Cc3ccsc3)C2)c2ccccc2S1(=O)=O. The summed E-state index contributed by atoms with van der Waals surface area (Å²) in [6.45, 7) is 3.80. The van der Waals surface area contributed by atoms with E-state index in [1.807, 2.05) is 37.2 Å². The number of thiophene rings is 1. The van der Waals surface area contributed by atoms with Crippen LogP contribution in [0.2, 0.25) is 0 Å². The highest BCUT2D eigenvalue weighted by atomic mass is 32.2. The highest BCUT2D eigenvalue weighted by molar-refractivity contribution is 7.89. The van der Waals surface area contributed by atoms with Crippen molar-refractivity contribution in [3.8, 4) is 0 Å². The second-order valence-electron chi connectivity index (χ2n) is 7.50. The Bertz CT molecular complexity index is 880. The van der Waals surface area contributed by atoms with E-state index in [-0.39, 0.29) is 0 Å². The van der Waals surface area contributed by atoms with Crippen LogP contribution in [0.3, 0.4) is 0 Å². The van der Waals surface area contributed by atoms with Gasteiger partial charge in [-0.25, -0.2) is 8.42 Å². The Morgan fingerprint density at radius 1 is 1.23 bits per heavy atom. The molecule has 4 rings (SSSR count). The highest BCUT2D eigenvalue weighted by Crippen LogP contribution is 2.49. The van der Waals surface area contributed by atoms with Crippen LogP contribution < -0.4 is 0 Å². The number of hydrogen-bond acceptors (Lipinski definition) is 5. The number of benzene rings is 1. The van der Waals surface area contributed by atoms with E-state index in [2.05, 4.69) is 21.7 Å². The molecule has 5 nitrogen and oxygen atoms in total. The van der Waals surface area contributed by atoms with Gasteiger partial charge in [-0.15, -0.1) is 0 Å². The van der Waals surface area contributed by atoms with Gasteiger partial charge in [0.25, 0.3) is 0 Å². The molecule has 3 heterocycles. The number of nitrogens with zero attached hydrogens (tertiary/aromatic N) is 3. The van der Waals surface area contributed by atoms with Gasteiger partial charge in [-0.1, -0.05) is 18.2 Å². The van der Waals surface area contributed by atoms with Gasteiger partial charge in [0, 0.05) is 32.7 Å². The van der Waals surface area contributed by atoms with Crippen LogP contribution in [0.1, 0.15) is 17.5 Å². The van der Waals surface area contributed by atoms with Crippen molar-refractivity contribution in [1.82, 2.24) is 14.1 Å². The van der Waals surface area contributed by atoms with Gasteiger partial charge in [-0.05, 0) is 54.5 Å². The van der Waals surface area contributed by atoms with Crippen molar-refractivity contribution in [1.29, 1.82) is 0 Å². The molecule has 1 saturated heterocycles. The molecule has 0 radical (unpaired) electrons. The van der Waals surface area contributed by atoms with E-state index in [1.54, 1.807) is 21.7 Å². The molecule has 0 unspecified atom stereocenters. The molecule has 1 aromatic carbocycles. The third-order valence-corrected chi connectivity index (χ3v) is 8.25. The van der Waals surface area contributed by atoms with Crippen molar-refractivity contribution in [2.24, 2.45) is 0 Å². The number of rotatable bonds is 5. The Morgan fingerprint density at radius 3 is 2.77 bits per heavy atom. The average molecular weight is 392 g/mol. The molecule has 26 heavy (non-hydrogen) atoms. The number of likely N-dealkylation sites (N-methyl/N-ethyl adjacent to an activating group) is 1. The largest absolute Gasteiger partial charge is 0.308 e. The van der Waals surface area contributed by atoms with Gasteiger partial charge in [0.1, 0.15) is 0 Å². The number of fused-ring (bicyclic) bond motifs is 2. The number of likely N-dealkylation sites (tertiary alicyclic amines) is 1. The van der Waals surface area contributed by atoms with E-state index in [0.717, 1.165) is 38.2 Å². The summed E-state index contributed by atoms with van der Waals surface area (Å²) in [5.41, 5.74) is 1.86. The molecule has 2 aromatic rings. The lowest BCUT2D eigenvalue weighted by Gasteiger charge is -2.35. The highest BCUT2D eigenvalue weighted by Gasteiger charge is 2.56. The summed E-state index contributed by atoms with van der Waals surface area (Å²) < 4.78 is 28.3. The number of hydrogen-bond donors (Lipinski definition) is 0. The summed E-state index contributed by atoms with van der Waals surface area (Å²) in [7, 11) is 0.535. The Labute approximate surface area is 159 Å². The lowest BCUT2D eigenvalue weighted by molar-refractivity contribution is 0.178. The maximum atomic E-state index is 13.3. The van der Waals surface area contributed by atoms with Crippen molar-refractivity contribution in [3.63, 3.8) is 0 Å². The monoisotopic (exact) mass is 391 g/mol. The number of sulfonamides is 1. The molecule has 2 aliphatic heterocycles. The third kappa shape index (κ3) is 2.92. The summed E-state index contributed by atoms with van der Waals surface area (Å²) in [5, 5.41) is 4.27. The Morgan fingerprint density at radius 2 is 2.04 bits per heavy atom. The molecule has 1 aromatic heterocycles. The minimum absolute atomic E-state index is 0.429. The predicted molar refractivity (Wildman–Crippen MR) is 105 cm³/mol. The minimum atomic E-state index is -3.44. The van der Waals surface area contributed by atoms with Crippen molar-refractivity contribution in [2.45, 2.75) is 23.4 Å². The zero-order chi connectivity index (χ0) is 18.4. The molecule has 0 saturated carbocycles. The third-order valence-electron chi connectivity index (χ3n) is 5.50. The van der Waals surface area contributed by atoms with Crippen LogP contribution in [0.5, 0.6) is 0 Å². The standard InChI is InChI=1S/C19H25N3O2S2/c1-20(2)10-11-22-19(17-5-3-4-6-18(17)26(22,23)24)8-9-21(15-19)13-16-7-12-25-14-16/h3-7,12,14H,8-11,13,15H2,1-2H3/t19-/m1/s1. The quantitative estimate of drug-likeness (QED) is 0.785. The van der Waals surface area contributed by atoms with Gasteiger partial charge in [0.05, 0.1) is 10.4 Å². The maximum absolute atomic E-state index is 13.3. The van der Waals surface area contributed by atoms with Crippen molar-refractivity contribution >= 4 is 21.4 Å². The van der Waals surface area contributed by atoms with Crippen LogP contribution in [0.4, 0.5) is 0 Å². The summed E-state index contributed by atoms with van der Waals surface area (Å²) in [4.78, 5) is 4.93. The minimum Gasteiger partial charge on any atom is -0.308 e. The van der Waals surface area contributed by atoms with Gasteiger partial charge in [0.15, 0.2) is 0 Å². The van der Waals surface area contributed by atoms with Crippen LogP contribution in [-0.2, 0) is 22.1 Å². The molecule has 2 aliphatic rings. The van der Waals surface area contributed by atoms with Crippen molar-refractivity contribution in [3.05, 3.63) is 52.2 Å². The smallest absolute Gasteiger partial charge is 0.244 e. The summed E-state index contributed by atoms with van der Waals surface area (Å²) in [6, 6.07) is 9.73. The normalized spacial score (nSPS) is 25.3. The van der Waals surface area contributed by atoms with Crippen LogP contribution >= 0.6 is 11.3 Å².